The zero-order valence-electron chi connectivity index (χ0n) is 36.1. The lowest BCUT2D eigenvalue weighted by Crippen LogP contribution is -2.59. The number of Topliss-reactive ketones (excluding diaryl/α,β-unsaturated/α-hetero) is 1. The van der Waals surface area contributed by atoms with Gasteiger partial charge in [0.15, 0.2) is 0 Å². The molecule has 332 valence electrons. The highest BCUT2D eigenvalue weighted by atomic mass is 16.6. The van der Waals surface area contributed by atoms with E-state index in [0.717, 1.165) is 16.7 Å². The molecule has 0 bridgehead atoms. The van der Waals surface area contributed by atoms with Crippen molar-refractivity contribution in [2.75, 3.05) is 13.1 Å². The molecular formula is C45H62N6O10. The summed E-state index contributed by atoms with van der Waals surface area (Å²) in [6.07, 6.45) is 0.123. The third-order valence-electron chi connectivity index (χ3n) is 11.1. The second-order valence-electron chi connectivity index (χ2n) is 16.6. The van der Waals surface area contributed by atoms with Gasteiger partial charge in [-0.15, -0.1) is 0 Å². The van der Waals surface area contributed by atoms with Gasteiger partial charge in [-0.3, -0.25) is 33.6 Å². The van der Waals surface area contributed by atoms with Crippen molar-refractivity contribution in [1.82, 2.24) is 31.1 Å². The maximum absolute atomic E-state index is 14.6. The van der Waals surface area contributed by atoms with E-state index in [1.165, 1.54) is 4.90 Å². The molecule has 2 aliphatic heterocycles. The number of amides is 6. The fourth-order valence-electron chi connectivity index (χ4n) is 7.60. The average molecular weight is 847 g/mol. The second-order valence-corrected chi connectivity index (χ2v) is 16.6. The summed E-state index contributed by atoms with van der Waals surface area (Å²) in [5, 5.41) is 19.8. The number of aliphatic carboxylic acids is 1. The maximum atomic E-state index is 14.6. The van der Waals surface area contributed by atoms with Crippen LogP contribution in [0.4, 0.5) is 4.79 Å². The van der Waals surface area contributed by atoms with Crippen LogP contribution in [-0.4, -0.2) is 106 Å². The smallest absolute Gasteiger partial charge is 0.410 e. The molecule has 16 nitrogen and oxygen atoms in total. The molecular weight excluding hydrogens is 785 g/mol. The van der Waals surface area contributed by atoms with Crippen LogP contribution < -0.4 is 21.3 Å². The van der Waals surface area contributed by atoms with Gasteiger partial charge in [-0.25, -0.2) is 4.79 Å². The number of carbonyl (C=O) groups excluding carboxylic acids is 7. The lowest BCUT2D eigenvalue weighted by Gasteiger charge is -2.32. The Balaban J connectivity index is 1.54. The fourth-order valence-corrected chi connectivity index (χ4v) is 7.60. The second kappa shape index (κ2) is 22.7. The quantitative estimate of drug-likeness (QED) is 0.0959. The van der Waals surface area contributed by atoms with Crippen LogP contribution in [0, 0.1) is 11.8 Å². The van der Waals surface area contributed by atoms with Crippen LogP contribution in [0.5, 0.6) is 0 Å². The van der Waals surface area contributed by atoms with Crippen molar-refractivity contribution in [1.29, 1.82) is 0 Å². The molecule has 6 atom stereocenters. The summed E-state index contributed by atoms with van der Waals surface area (Å²) in [5.41, 5.74) is 2.91. The van der Waals surface area contributed by atoms with Crippen LogP contribution in [0.25, 0.3) is 0 Å². The van der Waals surface area contributed by atoms with E-state index in [-0.39, 0.29) is 38.1 Å². The standard InChI is InChI=1S/C45H62N6O10/c1-7-15-34(40(55)43(58)46-29(6)30-16-9-8-10-17-30)47-41(56)35-24-33(61-45(60)50-23-22-31-18-11-12-19-32(31)25-50)26-51(35)44(59)39(28(4)5)49-42(57)38(27(2)3)48-36(52)20-13-14-21-37(53)54/h8-12,16-19,27-29,33-35,38-39H,7,13-15,20-26H2,1-6H3,(H,46,58)(H,47,56)(H,48,52)(H,49,57)(H,53,54)/t29-,33?,34?,35-,38-,39-/m0/s1. The van der Waals surface area contributed by atoms with Crippen molar-refractivity contribution in [3.8, 4) is 0 Å². The number of carboxylic acids is 1. The number of benzene rings is 2. The molecule has 2 heterocycles. The van der Waals surface area contributed by atoms with E-state index in [0.29, 0.717) is 38.8 Å². The molecule has 0 saturated carbocycles. The number of nitrogens with one attached hydrogen (secondary N) is 4. The van der Waals surface area contributed by atoms with E-state index in [4.69, 9.17) is 9.84 Å². The monoisotopic (exact) mass is 846 g/mol. The van der Waals surface area contributed by atoms with E-state index in [9.17, 15) is 38.4 Å². The Hall–Kier alpha value is -5.80. The number of nitrogens with zero attached hydrogens (tertiary/aromatic N) is 2. The van der Waals surface area contributed by atoms with Crippen molar-refractivity contribution in [3.05, 3.63) is 71.3 Å². The first-order chi connectivity index (χ1) is 29.0. The molecule has 2 aromatic carbocycles. The van der Waals surface area contributed by atoms with Crippen molar-refractivity contribution >= 4 is 47.4 Å². The number of unbranched alkanes of at least 4 members (excludes halogenated alkanes) is 1. The van der Waals surface area contributed by atoms with E-state index in [2.05, 4.69) is 21.3 Å². The van der Waals surface area contributed by atoms with E-state index in [1.807, 2.05) is 54.6 Å². The van der Waals surface area contributed by atoms with Crippen LogP contribution in [-0.2, 0) is 51.3 Å². The summed E-state index contributed by atoms with van der Waals surface area (Å²) in [4.78, 5) is 109. The third-order valence-corrected chi connectivity index (χ3v) is 11.1. The number of fused-ring (bicyclic) bond motifs is 1. The van der Waals surface area contributed by atoms with E-state index < -0.39 is 89.6 Å². The highest BCUT2D eigenvalue weighted by molar-refractivity contribution is 6.38. The van der Waals surface area contributed by atoms with Gasteiger partial charge in [0.1, 0.15) is 24.2 Å². The summed E-state index contributed by atoms with van der Waals surface area (Å²) >= 11 is 0. The summed E-state index contributed by atoms with van der Waals surface area (Å²) in [5.74, 6) is -6.00. The number of ether oxygens (including phenoxy) is 1. The Morgan fingerprint density at radius 2 is 1.43 bits per heavy atom. The van der Waals surface area contributed by atoms with Gasteiger partial charge in [-0.1, -0.05) is 95.6 Å². The highest BCUT2D eigenvalue weighted by Gasteiger charge is 2.46. The van der Waals surface area contributed by atoms with Gasteiger partial charge in [0, 0.05) is 32.4 Å². The molecule has 6 amide bonds. The van der Waals surface area contributed by atoms with Gasteiger partial charge in [0.2, 0.25) is 29.4 Å². The Morgan fingerprint density at radius 3 is 2.07 bits per heavy atom. The first-order valence-electron chi connectivity index (χ1n) is 21.3. The molecule has 0 radical (unpaired) electrons. The maximum Gasteiger partial charge on any atom is 0.410 e. The highest BCUT2D eigenvalue weighted by Crippen LogP contribution is 2.26. The summed E-state index contributed by atoms with van der Waals surface area (Å²) in [6.45, 7) is 11.0. The van der Waals surface area contributed by atoms with Gasteiger partial charge < -0.3 is 40.9 Å². The zero-order valence-corrected chi connectivity index (χ0v) is 36.1. The molecule has 0 aliphatic carbocycles. The molecule has 1 saturated heterocycles. The number of likely N-dealkylation sites (tertiary alicyclic amines) is 1. The molecule has 16 heteroatoms. The number of hydrogen-bond donors (Lipinski definition) is 5. The first-order valence-corrected chi connectivity index (χ1v) is 21.3. The summed E-state index contributed by atoms with van der Waals surface area (Å²) in [6, 6.07) is 11.7. The predicted molar refractivity (Wildman–Crippen MR) is 225 cm³/mol. The number of carbonyl (C=O) groups is 8. The number of hydrogen-bond acceptors (Lipinski definition) is 9. The van der Waals surface area contributed by atoms with Gasteiger partial charge in [0.05, 0.1) is 18.6 Å². The van der Waals surface area contributed by atoms with Crippen LogP contribution >= 0.6 is 0 Å². The van der Waals surface area contributed by atoms with Gasteiger partial charge in [0.25, 0.3) is 5.91 Å². The Kier molecular flexibility index (Phi) is 17.8. The molecule has 2 unspecified atom stereocenters. The van der Waals surface area contributed by atoms with Crippen molar-refractivity contribution in [3.63, 3.8) is 0 Å². The van der Waals surface area contributed by atoms with Crippen LogP contribution in [0.3, 0.4) is 0 Å². The molecule has 2 aliphatic rings. The molecule has 1 fully saturated rings. The lowest BCUT2D eigenvalue weighted by atomic mass is 9.98. The minimum atomic E-state index is -1.24. The molecule has 2 aromatic rings. The largest absolute Gasteiger partial charge is 0.481 e. The minimum absolute atomic E-state index is 0.0141. The van der Waals surface area contributed by atoms with Gasteiger partial charge in [-0.2, -0.15) is 0 Å². The van der Waals surface area contributed by atoms with E-state index >= 15 is 0 Å². The predicted octanol–water partition coefficient (Wildman–Crippen LogP) is 3.81. The molecule has 0 aromatic heterocycles. The lowest BCUT2D eigenvalue weighted by molar-refractivity contribution is -0.144. The number of ketones is 1. The average Bonchev–Trinajstić information content (AvgIpc) is 3.66. The molecule has 4 rings (SSSR count). The molecule has 0 spiro atoms. The molecule has 61 heavy (non-hydrogen) atoms. The van der Waals surface area contributed by atoms with Gasteiger partial charge >= 0.3 is 12.1 Å². The SMILES string of the molecule is CCCC(NC(=O)[C@@H]1CC(OC(=O)N2CCc3ccccc3C2)CN1C(=O)[C@@H](NC(=O)[C@@H](NC(=O)CCCCC(=O)O)C(C)C)C(C)C)C(=O)C(=O)N[C@@H](C)c1ccccc1. The number of carboxylic acid groups (broad SMARTS) is 1. The number of rotatable bonds is 20. The summed E-state index contributed by atoms with van der Waals surface area (Å²) < 4.78 is 5.95. The minimum Gasteiger partial charge on any atom is -0.481 e. The van der Waals surface area contributed by atoms with Crippen LogP contribution in [0.2, 0.25) is 0 Å². The Bertz CT molecular complexity index is 1890. The van der Waals surface area contributed by atoms with Crippen molar-refractivity contribution < 1.29 is 48.2 Å². The third kappa shape index (κ3) is 13.6. The van der Waals surface area contributed by atoms with Crippen molar-refractivity contribution in [2.45, 2.75) is 136 Å². The zero-order chi connectivity index (χ0) is 44.8. The Labute approximate surface area is 357 Å². The van der Waals surface area contributed by atoms with Crippen molar-refractivity contribution in [2.24, 2.45) is 11.8 Å². The first kappa shape index (κ1) is 47.9. The fraction of sp³-hybridized carbons (Fsp3) is 0.556. The topological polar surface area (TPSA) is 221 Å². The van der Waals surface area contributed by atoms with Crippen LogP contribution in [0.1, 0.15) is 109 Å². The van der Waals surface area contributed by atoms with Crippen LogP contribution in [0.15, 0.2) is 54.6 Å². The van der Waals surface area contributed by atoms with Gasteiger partial charge in [-0.05, 0) is 61.1 Å². The Morgan fingerprint density at radius 1 is 0.787 bits per heavy atom. The molecule has 5 N–H and O–H groups in total. The summed E-state index contributed by atoms with van der Waals surface area (Å²) in [7, 11) is 0. The van der Waals surface area contributed by atoms with E-state index in [1.54, 1.807) is 46.4 Å². The normalized spacial score (nSPS) is 18.0.